The third-order valence-electron chi connectivity index (χ3n) is 8.91. The number of aliphatic hydroxyl groups excluding tert-OH is 3. The standard InChI is InChI=1S/C33H36O15/c1-42-23-9-14(3-5-19(23)34)30-17-11-45-31(18(17)12-44-30)15-4-6-22(24(10-15)43-2)47-33-29(40)28(39)27(38)25(48-33)13-46-32(41)16-7-20(35)26(37)21(36)8-16/h3-10,17-18,25,27-31,33-40H,11-13H2,1-2H3. The number of aliphatic hydroxyl groups is 3. The second-order valence-electron chi connectivity index (χ2n) is 11.8. The number of carbonyl (C=O) groups excluding carboxylic acids is 1. The first-order chi connectivity index (χ1) is 23.0. The van der Waals surface area contributed by atoms with E-state index in [1.54, 1.807) is 36.4 Å². The van der Waals surface area contributed by atoms with Crippen LogP contribution in [-0.4, -0.2) is 106 Å². The van der Waals surface area contributed by atoms with Crippen LogP contribution in [0.3, 0.4) is 0 Å². The molecule has 3 aromatic carbocycles. The van der Waals surface area contributed by atoms with Gasteiger partial charge in [-0.2, -0.15) is 0 Å². The van der Waals surface area contributed by atoms with Gasteiger partial charge in [0.05, 0.1) is 45.2 Å². The largest absolute Gasteiger partial charge is 0.504 e. The number of phenolic OH excluding ortho intramolecular Hbond substituents is 4. The van der Waals surface area contributed by atoms with Crippen LogP contribution in [0, 0.1) is 11.8 Å². The zero-order valence-electron chi connectivity index (χ0n) is 25.8. The summed E-state index contributed by atoms with van der Waals surface area (Å²) in [6.45, 7) is 0.268. The number of fused-ring (bicyclic) bond motifs is 1. The van der Waals surface area contributed by atoms with Crippen LogP contribution in [0.4, 0.5) is 0 Å². The monoisotopic (exact) mass is 672 g/mol. The first-order valence-corrected chi connectivity index (χ1v) is 15.1. The Balaban J connectivity index is 1.13. The highest BCUT2D eigenvalue weighted by Gasteiger charge is 2.49. The first kappa shape index (κ1) is 33.4. The molecule has 15 heteroatoms. The first-order valence-electron chi connectivity index (χ1n) is 15.1. The van der Waals surface area contributed by atoms with Gasteiger partial charge in [0.15, 0.2) is 40.2 Å². The molecular weight excluding hydrogens is 636 g/mol. The number of rotatable bonds is 9. The number of esters is 1. The second-order valence-corrected chi connectivity index (χ2v) is 11.8. The van der Waals surface area contributed by atoms with E-state index in [1.165, 1.54) is 14.2 Å². The van der Waals surface area contributed by atoms with Crippen LogP contribution in [0.5, 0.6) is 40.2 Å². The van der Waals surface area contributed by atoms with Crippen molar-refractivity contribution in [3.05, 3.63) is 65.2 Å². The highest BCUT2D eigenvalue weighted by molar-refractivity contribution is 5.91. The summed E-state index contributed by atoms with van der Waals surface area (Å²) in [7, 11) is 2.91. The highest BCUT2D eigenvalue weighted by Crippen LogP contribution is 2.51. The molecule has 3 aliphatic rings. The second kappa shape index (κ2) is 13.5. The lowest BCUT2D eigenvalue weighted by Crippen LogP contribution is -2.60. The van der Waals surface area contributed by atoms with E-state index in [-0.39, 0.29) is 46.9 Å². The maximum Gasteiger partial charge on any atom is 0.338 e. The molecule has 9 unspecified atom stereocenters. The lowest BCUT2D eigenvalue weighted by molar-refractivity contribution is -0.277. The van der Waals surface area contributed by atoms with E-state index in [9.17, 15) is 40.5 Å². The van der Waals surface area contributed by atoms with Gasteiger partial charge in [0.25, 0.3) is 0 Å². The zero-order chi connectivity index (χ0) is 34.3. The van der Waals surface area contributed by atoms with E-state index in [4.69, 9.17) is 33.2 Å². The Hall–Kier alpha value is -4.51. The molecule has 0 aromatic heterocycles. The van der Waals surface area contributed by atoms with Crippen molar-refractivity contribution in [2.24, 2.45) is 11.8 Å². The topological polar surface area (TPSA) is 223 Å². The van der Waals surface area contributed by atoms with Crippen molar-refractivity contribution in [3.8, 4) is 40.2 Å². The van der Waals surface area contributed by atoms with Crippen molar-refractivity contribution in [1.29, 1.82) is 0 Å². The Morgan fingerprint density at radius 2 is 1.31 bits per heavy atom. The molecule has 3 aromatic rings. The quantitative estimate of drug-likeness (QED) is 0.127. The lowest BCUT2D eigenvalue weighted by atomic mass is 9.85. The molecule has 48 heavy (non-hydrogen) atoms. The fourth-order valence-corrected chi connectivity index (χ4v) is 6.30. The smallest absolute Gasteiger partial charge is 0.338 e. The maximum absolute atomic E-state index is 12.5. The van der Waals surface area contributed by atoms with E-state index in [0.717, 1.165) is 23.3 Å². The lowest BCUT2D eigenvalue weighted by Gasteiger charge is -2.40. The van der Waals surface area contributed by atoms with Gasteiger partial charge < -0.3 is 68.9 Å². The van der Waals surface area contributed by atoms with Crippen LogP contribution in [0.2, 0.25) is 0 Å². The summed E-state index contributed by atoms with van der Waals surface area (Å²) in [5.41, 5.74) is 1.35. The molecule has 0 bridgehead atoms. The van der Waals surface area contributed by atoms with Crippen LogP contribution in [-0.2, 0) is 18.9 Å². The molecule has 258 valence electrons. The SMILES string of the molecule is COc1cc(C2OCC3C(c4ccc(OC5OC(COC(=O)c6cc(O)c(O)c(O)c6)C(O)C(O)C5O)c(OC)c4)OCC23)ccc1O. The van der Waals surface area contributed by atoms with Gasteiger partial charge in [-0.25, -0.2) is 4.79 Å². The van der Waals surface area contributed by atoms with Crippen molar-refractivity contribution < 1.29 is 73.7 Å². The number of ether oxygens (including phenoxy) is 7. The Kier molecular flexibility index (Phi) is 9.42. The molecule has 3 heterocycles. The van der Waals surface area contributed by atoms with Crippen LogP contribution >= 0.6 is 0 Å². The van der Waals surface area contributed by atoms with Gasteiger partial charge in [-0.15, -0.1) is 0 Å². The molecule has 0 aliphatic carbocycles. The summed E-state index contributed by atoms with van der Waals surface area (Å²) in [6, 6.07) is 12.0. The molecule has 3 fully saturated rings. The Labute approximate surface area is 274 Å². The summed E-state index contributed by atoms with van der Waals surface area (Å²) in [5, 5.41) is 70.5. The van der Waals surface area contributed by atoms with Crippen molar-refractivity contribution in [1.82, 2.24) is 0 Å². The Bertz CT molecular complexity index is 1620. The molecule has 3 aliphatic heterocycles. The third kappa shape index (κ3) is 6.23. The molecule has 3 saturated heterocycles. The average molecular weight is 673 g/mol. The van der Waals surface area contributed by atoms with Gasteiger partial charge in [0, 0.05) is 11.8 Å². The number of hydrogen-bond donors (Lipinski definition) is 7. The number of hydrogen-bond acceptors (Lipinski definition) is 15. The van der Waals surface area contributed by atoms with E-state index in [0.29, 0.717) is 19.0 Å². The molecule has 7 N–H and O–H groups in total. The normalized spacial score (nSPS) is 29.6. The average Bonchev–Trinajstić information content (AvgIpc) is 3.70. The molecule has 0 spiro atoms. The van der Waals surface area contributed by atoms with Gasteiger partial charge in [-0.1, -0.05) is 12.1 Å². The van der Waals surface area contributed by atoms with Gasteiger partial charge >= 0.3 is 5.97 Å². The van der Waals surface area contributed by atoms with Crippen LogP contribution in [0.15, 0.2) is 48.5 Å². The number of carbonyl (C=O) groups is 1. The summed E-state index contributed by atoms with van der Waals surface area (Å²) in [6.07, 6.45) is -8.57. The van der Waals surface area contributed by atoms with Gasteiger partial charge in [0.1, 0.15) is 31.0 Å². The molecule has 6 rings (SSSR count). The van der Waals surface area contributed by atoms with Crippen molar-refractivity contribution in [2.45, 2.75) is 42.9 Å². The van der Waals surface area contributed by atoms with Crippen molar-refractivity contribution in [2.75, 3.05) is 34.0 Å². The summed E-state index contributed by atoms with van der Waals surface area (Å²) < 4.78 is 39.9. The van der Waals surface area contributed by atoms with Gasteiger partial charge in [0.2, 0.25) is 6.29 Å². The van der Waals surface area contributed by atoms with Gasteiger partial charge in [-0.3, -0.25) is 0 Å². The maximum atomic E-state index is 12.5. The summed E-state index contributed by atoms with van der Waals surface area (Å²) in [4.78, 5) is 12.5. The van der Waals surface area contributed by atoms with Crippen molar-refractivity contribution >= 4 is 5.97 Å². The van der Waals surface area contributed by atoms with Crippen LogP contribution in [0.1, 0.15) is 33.7 Å². The third-order valence-corrected chi connectivity index (χ3v) is 8.91. The van der Waals surface area contributed by atoms with E-state index < -0.39 is 60.5 Å². The predicted molar refractivity (Wildman–Crippen MR) is 161 cm³/mol. The van der Waals surface area contributed by atoms with Gasteiger partial charge in [-0.05, 0) is 47.5 Å². The number of phenols is 4. The molecule has 0 radical (unpaired) electrons. The molecule has 0 amide bonds. The number of benzene rings is 3. The fourth-order valence-electron chi connectivity index (χ4n) is 6.30. The fraction of sp³-hybridized carbons (Fsp3) is 0.424. The minimum absolute atomic E-state index is 0.0179. The molecule has 0 saturated carbocycles. The van der Waals surface area contributed by atoms with Crippen LogP contribution < -0.4 is 14.2 Å². The molecule has 15 nitrogen and oxygen atoms in total. The van der Waals surface area contributed by atoms with E-state index in [2.05, 4.69) is 0 Å². The Morgan fingerprint density at radius 1 is 0.729 bits per heavy atom. The molecule has 9 atom stereocenters. The summed E-state index contributed by atoms with van der Waals surface area (Å²) >= 11 is 0. The summed E-state index contributed by atoms with van der Waals surface area (Å²) in [5.74, 6) is -2.49. The number of methoxy groups -OCH3 is 2. The van der Waals surface area contributed by atoms with E-state index in [1.807, 2.05) is 0 Å². The van der Waals surface area contributed by atoms with Crippen molar-refractivity contribution in [3.63, 3.8) is 0 Å². The van der Waals surface area contributed by atoms with E-state index >= 15 is 0 Å². The highest BCUT2D eigenvalue weighted by atomic mass is 16.7. The predicted octanol–water partition coefficient (Wildman–Crippen LogP) is 1.64. The Morgan fingerprint density at radius 3 is 1.92 bits per heavy atom. The number of aromatic hydroxyl groups is 4. The zero-order valence-corrected chi connectivity index (χ0v) is 25.8. The minimum Gasteiger partial charge on any atom is -0.504 e. The molecular formula is C33H36O15. The van der Waals surface area contributed by atoms with Crippen LogP contribution in [0.25, 0.3) is 0 Å². The minimum atomic E-state index is -1.74.